The van der Waals surface area contributed by atoms with Crippen LogP contribution in [-0.4, -0.2) is 41.4 Å². The van der Waals surface area contributed by atoms with Crippen LogP contribution in [0.3, 0.4) is 0 Å². The lowest BCUT2D eigenvalue weighted by atomic mass is 10.1. The third-order valence-electron chi connectivity index (χ3n) is 4.16. The number of benzene rings is 2. The van der Waals surface area contributed by atoms with Gasteiger partial charge in [-0.2, -0.15) is 0 Å². The zero-order valence-electron chi connectivity index (χ0n) is 15.6. The fourth-order valence-corrected chi connectivity index (χ4v) is 2.68. The van der Waals surface area contributed by atoms with Gasteiger partial charge in [0.1, 0.15) is 12.1 Å². The summed E-state index contributed by atoms with van der Waals surface area (Å²) in [4.78, 5) is 4.27. The highest BCUT2D eigenvalue weighted by Gasteiger charge is 2.07. The minimum absolute atomic E-state index is 0.525. The molecule has 0 radical (unpaired) electrons. The number of aliphatic imine (C=N–C) groups is 1. The van der Waals surface area contributed by atoms with Gasteiger partial charge >= 0.3 is 0 Å². The molecule has 0 spiro atoms. The second-order valence-electron chi connectivity index (χ2n) is 5.90. The second kappa shape index (κ2) is 9.38. The molecule has 2 N–H and O–H groups in total. The van der Waals surface area contributed by atoms with Gasteiger partial charge in [0.2, 0.25) is 0 Å². The average Bonchev–Trinajstić information content (AvgIpc) is 3.20. The van der Waals surface area contributed by atoms with Crippen LogP contribution in [0.2, 0.25) is 0 Å². The number of methoxy groups -OCH3 is 1. The Morgan fingerprint density at radius 2 is 1.85 bits per heavy atom. The number of guanidine groups is 1. The summed E-state index contributed by atoms with van der Waals surface area (Å²) in [5.74, 6) is 2.41. The van der Waals surface area contributed by atoms with Crippen molar-refractivity contribution in [1.29, 1.82) is 0 Å². The van der Waals surface area contributed by atoms with Gasteiger partial charge in [-0.1, -0.05) is 30.3 Å². The molecule has 0 bridgehead atoms. The highest BCUT2D eigenvalue weighted by atomic mass is 16.5. The first-order valence-corrected chi connectivity index (χ1v) is 8.82. The van der Waals surface area contributed by atoms with Gasteiger partial charge in [-0.3, -0.25) is 9.56 Å². The van der Waals surface area contributed by atoms with E-state index < -0.39 is 0 Å². The van der Waals surface area contributed by atoms with E-state index in [0.717, 1.165) is 36.2 Å². The molecule has 140 valence electrons. The maximum absolute atomic E-state index is 5.18. The highest BCUT2D eigenvalue weighted by molar-refractivity contribution is 5.79. The zero-order valence-corrected chi connectivity index (χ0v) is 15.6. The fourth-order valence-electron chi connectivity index (χ4n) is 2.68. The minimum atomic E-state index is 0.525. The zero-order chi connectivity index (χ0) is 18.9. The molecule has 3 aromatic rings. The Kier molecular flexibility index (Phi) is 6.40. The molecule has 0 saturated heterocycles. The standard InChI is InChI=1S/C20H24N6O/c1-21-20(22-13-12-16-8-10-18(27-2)11-9-16)23-14-19-25-24-15-26(19)17-6-4-3-5-7-17/h3-11,15H,12-14H2,1-2H3,(H2,21,22,23). The van der Waals surface area contributed by atoms with Crippen LogP contribution in [0.5, 0.6) is 5.75 Å². The Balaban J connectivity index is 1.50. The Bertz CT molecular complexity index is 858. The van der Waals surface area contributed by atoms with Crippen molar-refractivity contribution >= 4 is 5.96 Å². The average molecular weight is 364 g/mol. The van der Waals surface area contributed by atoms with Gasteiger partial charge < -0.3 is 15.4 Å². The van der Waals surface area contributed by atoms with Crippen molar-refractivity contribution < 1.29 is 4.74 Å². The molecule has 0 aliphatic rings. The third kappa shape index (κ3) is 5.07. The molecule has 27 heavy (non-hydrogen) atoms. The number of ether oxygens (including phenoxy) is 1. The summed E-state index contributed by atoms with van der Waals surface area (Å²) in [6.45, 7) is 1.30. The van der Waals surface area contributed by atoms with Crippen LogP contribution in [0.25, 0.3) is 5.69 Å². The van der Waals surface area contributed by atoms with Gasteiger partial charge in [0, 0.05) is 19.3 Å². The topological polar surface area (TPSA) is 76.4 Å². The van der Waals surface area contributed by atoms with Crippen LogP contribution in [0.1, 0.15) is 11.4 Å². The first-order chi connectivity index (χ1) is 13.3. The quantitative estimate of drug-likeness (QED) is 0.496. The fraction of sp³-hybridized carbons (Fsp3) is 0.250. The summed E-state index contributed by atoms with van der Waals surface area (Å²) in [6, 6.07) is 18.1. The van der Waals surface area contributed by atoms with Crippen LogP contribution in [-0.2, 0) is 13.0 Å². The molecule has 2 aromatic carbocycles. The van der Waals surface area contributed by atoms with E-state index in [-0.39, 0.29) is 0 Å². The van der Waals surface area contributed by atoms with Crippen LogP contribution in [0.15, 0.2) is 65.9 Å². The van der Waals surface area contributed by atoms with Gasteiger partial charge in [0.05, 0.1) is 13.7 Å². The third-order valence-corrected chi connectivity index (χ3v) is 4.16. The smallest absolute Gasteiger partial charge is 0.191 e. The summed E-state index contributed by atoms with van der Waals surface area (Å²) in [5.41, 5.74) is 2.27. The number of nitrogens with one attached hydrogen (secondary N) is 2. The van der Waals surface area contributed by atoms with Gasteiger partial charge in [-0.25, -0.2) is 0 Å². The van der Waals surface area contributed by atoms with Crippen molar-refractivity contribution in [3.05, 3.63) is 72.3 Å². The molecule has 1 heterocycles. The molecule has 0 unspecified atom stereocenters. The number of nitrogens with zero attached hydrogens (tertiary/aromatic N) is 4. The molecule has 0 aliphatic heterocycles. The summed E-state index contributed by atoms with van der Waals surface area (Å²) in [7, 11) is 3.43. The van der Waals surface area contributed by atoms with E-state index in [1.165, 1.54) is 5.56 Å². The lowest BCUT2D eigenvalue weighted by Gasteiger charge is -2.12. The summed E-state index contributed by atoms with van der Waals surface area (Å²) >= 11 is 0. The van der Waals surface area contributed by atoms with E-state index >= 15 is 0 Å². The molecule has 0 aliphatic carbocycles. The van der Waals surface area contributed by atoms with E-state index in [0.29, 0.717) is 6.54 Å². The van der Waals surface area contributed by atoms with Crippen molar-refractivity contribution in [2.45, 2.75) is 13.0 Å². The monoisotopic (exact) mass is 364 g/mol. The van der Waals surface area contributed by atoms with E-state index in [1.807, 2.05) is 47.0 Å². The molecular weight excluding hydrogens is 340 g/mol. The summed E-state index contributed by atoms with van der Waals surface area (Å²) in [5, 5.41) is 14.8. The van der Waals surface area contributed by atoms with Crippen molar-refractivity contribution in [1.82, 2.24) is 25.4 Å². The van der Waals surface area contributed by atoms with Crippen LogP contribution >= 0.6 is 0 Å². The predicted octanol–water partition coefficient (Wildman–Crippen LogP) is 2.18. The Labute approximate surface area is 159 Å². The van der Waals surface area contributed by atoms with Crippen LogP contribution < -0.4 is 15.4 Å². The lowest BCUT2D eigenvalue weighted by Crippen LogP contribution is -2.38. The SMILES string of the molecule is CN=C(NCCc1ccc(OC)cc1)NCc1nncn1-c1ccccc1. The lowest BCUT2D eigenvalue weighted by molar-refractivity contribution is 0.414. The molecule has 0 atom stereocenters. The van der Waals surface area contributed by atoms with Crippen LogP contribution in [0.4, 0.5) is 0 Å². The van der Waals surface area contributed by atoms with Gasteiger partial charge in [0.15, 0.2) is 11.8 Å². The van der Waals surface area contributed by atoms with Gasteiger partial charge in [0.25, 0.3) is 0 Å². The molecule has 7 heteroatoms. The molecule has 1 aromatic heterocycles. The number of para-hydroxylation sites is 1. The van der Waals surface area contributed by atoms with E-state index in [4.69, 9.17) is 4.74 Å². The Morgan fingerprint density at radius 1 is 1.07 bits per heavy atom. The van der Waals surface area contributed by atoms with Gasteiger partial charge in [-0.15, -0.1) is 10.2 Å². The van der Waals surface area contributed by atoms with E-state index in [9.17, 15) is 0 Å². The molecular formula is C20H24N6O. The maximum Gasteiger partial charge on any atom is 0.191 e. The summed E-state index contributed by atoms with van der Waals surface area (Å²) < 4.78 is 7.14. The molecule has 0 saturated carbocycles. The molecule has 0 fully saturated rings. The largest absolute Gasteiger partial charge is 0.497 e. The van der Waals surface area contributed by atoms with Crippen LogP contribution in [0, 0.1) is 0 Å². The predicted molar refractivity (Wildman–Crippen MR) is 106 cm³/mol. The Morgan fingerprint density at radius 3 is 2.56 bits per heavy atom. The normalized spacial score (nSPS) is 11.3. The summed E-state index contributed by atoms with van der Waals surface area (Å²) in [6.07, 6.45) is 2.61. The first-order valence-electron chi connectivity index (χ1n) is 8.82. The first kappa shape index (κ1) is 18.4. The number of aromatic nitrogens is 3. The minimum Gasteiger partial charge on any atom is -0.497 e. The van der Waals surface area contributed by atoms with Crippen molar-refractivity contribution in [2.24, 2.45) is 4.99 Å². The highest BCUT2D eigenvalue weighted by Crippen LogP contribution is 2.11. The van der Waals surface area contributed by atoms with Crippen molar-refractivity contribution in [3.8, 4) is 11.4 Å². The maximum atomic E-state index is 5.18. The van der Waals surface area contributed by atoms with Crippen molar-refractivity contribution in [2.75, 3.05) is 20.7 Å². The Hall–Kier alpha value is -3.35. The van der Waals surface area contributed by atoms with E-state index in [2.05, 4.69) is 38.0 Å². The second-order valence-corrected chi connectivity index (χ2v) is 5.90. The molecule has 3 rings (SSSR count). The van der Waals surface area contributed by atoms with Gasteiger partial charge in [-0.05, 0) is 36.2 Å². The molecule has 7 nitrogen and oxygen atoms in total. The van der Waals surface area contributed by atoms with Crippen molar-refractivity contribution in [3.63, 3.8) is 0 Å². The number of hydrogen-bond acceptors (Lipinski definition) is 4. The van der Waals surface area contributed by atoms with E-state index in [1.54, 1.807) is 20.5 Å². The molecule has 0 amide bonds. The number of hydrogen-bond donors (Lipinski definition) is 2. The number of rotatable bonds is 7.